The summed E-state index contributed by atoms with van der Waals surface area (Å²) in [6.45, 7) is 6.29. The van der Waals surface area contributed by atoms with Crippen LogP contribution in [0.15, 0.2) is 71.7 Å². The Kier molecular flexibility index (Phi) is 6.65. The van der Waals surface area contributed by atoms with Gasteiger partial charge in [0.2, 0.25) is 0 Å². The van der Waals surface area contributed by atoms with E-state index < -0.39 is 5.41 Å². The van der Waals surface area contributed by atoms with Crippen molar-refractivity contribution in [3.8, 4) is 11.8 Å². The van der Waals surface area contributed by atoms with E-state index in [2.05, 4.69) is 11.4 Å². The van der Waals surface area contributed by atoms with E-state index in [4.69, 9.17) is 32.9 Å². The van der Waals surface area contributed by atoms with Crippen molar-refractivity contribution in [2.24, 2.45) is 4.99 Å². The molecule has 0 radical (unpaired) electrons. The van der Waals surface area contributed by atoms with Crippen LogP contribution in [-0.2, 0) is 5.41 Å². The van der Waals surface area contributed by atoms with Crippen LogP contribution in [0.25, 0.3) is 0 Å². The quantitative estimate of drug-likeness (QED) is 0.414. The highest BCUT2D eigenvalue weighted by molar-refractivity contribution is 6.30. The van der Waals surface area contributed by atoms with E-state index in [1.54, 1.807) is 0 Å². The van der Waals surface area contributed by atoms with Crippen LogP contribution in [0.5, 0.6) is 5.75 Å². The molecule has 0 bridgehead atoms. The molecule has 1 N–H and O–H groups in total. The first-order valence-corrected chi connectivity index (χ1v) is 11.6. The van der Waals surface area contributed by atoms with Crippen LogP contribution in [-0.4, -0.2) is 12.4 Å². The third-order valence-electron chi connectivity index (χ3n) is 5.85. The van der Waals surface area contributed by atoms with Crippen molar-refractivity contribution in [1.29, 1.82) is 5.26 Å². The minimum absolute atomic E-state index is 0.0967. The predicted octanol–water partition coefficient (Wildman–Crippen LogP) is 7.03. The number of halogens is 2. The zero-order valence-corrected chi connectivity index (χ0v) is 20.3. The van der Waals surface area contributed by atoms with E-state index in [-0.39, 0.29) is 12.1 Å². The Morgan fingerprint density at radius 3 is 2.15 bits per heavy atom. The van der Waals surface area contributed by atoms with E-state index >= 15 is 0 Å². The minimum Gasteiger partial charge on any atom is -0.493 e. The largest absolute Gasteiger partial charge is 0.493 e. The van der Waals surface area contributed by atoms with E-state index in [0.29, 0.717) is 16.7 Å². The lowest BCUT2D eigenvalue weighted by Gasteiger charge is -2.21. The van der Waals surface area contributed by atoms with Gasteiger partial charge in [-0.1, -0.05) is 53.5 Å². The average molecular weight is 478 g/mol. The van der Waals surface area contributed by atoms with Crippen molar-refractivity contribution < 1.29 is 4.74 Å². The first-order valence-electron chi connectivity index (χ1n) is 10.9. The molecular weight excluding hydrogens is 453 g/mol. The van der Waals surface area contributed by atoms with Gasteiger partial charge < -0.3 is 10.1 Å². The lowest BCUT2D eigenvalue weighted by molar-refractivity contribution is 0.339. The molecule has 0 fully saturated rings. The molecule has 4 rings (SSSR count). The van der Waals surface area contributed by atoms with Crippen LogP contribution in [0.2, 0.25) is 10.0 Å². The van der Waals surface area contributed by atoms with Crippen LogP contribution in [0.1, 0.15) is 55.1 Å². The highest BCUT2D eigenvalue weighted by Crippen LogP contribution is 2.39. The van der Waals surface area contributed by atoms with Crippen molar-refractivity contribution in [3.05, 3.63) is 99.0 Å². The number of nitrogens with one attached hydrogen (secondary N) is 1. The summed E-state index contributed by atoms with van der Waals surface area (Å²) in [7, 11) is 0. The molecule has 0 aromatic heterocycles. The fourth-order valence-electron chi connectivity index (χ4n) is 3.94. The number of aliphatic imine (C=N–C) groups is 1. The van der Waals surface area contributed by atoms with Crippen molar-refractivity contribution in [2.75, 3.05) is 6.61 Å². The fourth-order valence-corrected chi connectivity index (χ4v) is 4.19. The third-order valence-corrected chi connectivity index (χ3v) is 6.36. The summed E-state index contributed by atoms with van der Waals surface area (Å²) in [5.41, 5.74) is 3.24. The van der Waals surface area contributed by atoms with Crippen LogP contribution >= 0.6 is 23.2 Å². The van der Waals surface area contributed by atoms with Gasteiger partial charge in [-0.15, -0.1) is 0 Å². The molecule has 1 heterocycles. The van der Waals surface area contributed by atoms with Gasteiger partial charge in [-0.05, 0) is 73.9 Å². The van der Waals surface area contributed by atoms with Gasteiger partial charge in [0.05, 0.1) is 29.7 Å². The van der Waals surface area contributed by atoms with E-state index in [9.17, 15) is 5.26 Å². The topological polar surface area (TPSA) is 57.4 Å². The fraction of sp³-hybridized carbons (Fsp3) is 0.259. The second-order valence-corrected chi connectivity index (χ2v) is 9.40. The zero-order valence-electron chi connectivity index (χ0n) is 18.8. The molecule has 33 heavy (non-hydrogen) atoms. The highest BCUT2D eigenvalue weighted by Gasteiger charge is 2.33. The summed E-state index contributed by atoms with van der Waals surface area (Å²) < 4.78 is 5.93. The summed E-state index contributed by atoms with van der Waals surface area (Å²) >= 11 is 12.3. The van der Waals surface area contributed by atoms with Crippen LogP contribution in [0.4, 0.5) is 0 Å². The average Bonchev–Trinajstić information content (AvgIpc) is 3.25. The molecule has 3 aromatic rings. The van der Waals surface area contributed by atoms with Crippen molar-refractivity contribution in [1.82, 2.24) is 5.32 Å². The number of ether oxygens (including phenoxy) is 1. The summed E-state index contributed by atoms with van der Waals surface area (Å²) in [6, 6.07) is 23.6. The van der Waals surface area contributed by atoms with Gasteiger partial charge in [-0.3, -0.25) is 4.99 Å². The maximum absolute atomic E-state index is 9.65. The molecule has 0 spiro atoms. The molecule has 0 aliphatic carbocycles. The van der Waals surface area contributed by atoms with Gasteiger partial charge in [0.25, 0.3) is 0 Å². The number of rotatable bonds is 6. The Balaban J connectivity index is 1.82. The van der Waals surface area contributed by atoms with E-state index in [1.807, 2.05) is 87.5 Å². The third kappa shape index (κ3) is 4.85. The van der Waals surface area contributed by atoms with Gasteiger partial charge in [-0.2, -0.15) is 5.26 Å². The van der Waals surface area contributed by atoms with Crippen molar-refractivity contribution in [3.63, 3.8) is 0 Å². The second kappa shape index (κ2) is 9.47. The Morgan fingerprint density at radius 2 is 1.58 bits per heavy atom. The molecule has 168 valence electrons. The number of hydrogen-bond acceptors (Lipinski definition) is 4. The number of nitrogens with zero attached hydrogens (tertiary/aromatic N) is 2. The van der Waals surface area contributed by atoms with Gasteiger partial charge in [0.15, 0.2) is 0 Å². The molecule has 2 atom stereocenters. The van der Waals surface area contributed by atoms with Gasteiger partial charge in [-0.25, -0.2) is 0 Å². The monoisotopic (exact) mass is 477 g/mol. The standard InChI is InChI=1S/C27H25Cl2N3O/c1-4-33-23-14-9-19(27(2,3)16-30)15-22(23)26-31-24(17-5-10-20(28)11-6-17)25(32-26)18-7-12-21(29)13-8-18/h5-15,24-25H,4H2,1-3H3,(H,31,32). The summed E-state index contributed by atoms with van der Waals surface area (Å²) in [6.07, 6.45) is 0. The molecule has 0 saturated heterocycles. The molecule has 2 unspecified atom stereocenters. The van der Waals surface area contributed by atoms with Gasteiger partial charge in [0.1, 0.15) is 17.6 Å². The SMILES string of the molecule is CCOc1ccc(C(C)(C)C#N)cc1C1=NC(c2ccc(Cl)cc2)C(c2ccc(Cl)cc2)N1. The maximum Gasteiger partial charge on any atom is 0.133 e. The predicted molar refractivity (Wildman–Crippen MR) is 134 cm³/mol. The summed E-state index contributed by atoms with van der Waals surface area (Å²) in [4.78, 5) is 5.10. The maximum atomic E-state index is 9.65. The molecule has 1 aliphatic heterocycles. The van der Waals surface area contributed by atoms with Crippen LogP contribution < -0.4 is 10.1 Å². The Hall–Kier alpha value is -3.00. The summed E-state index contributed by atoms with van der Waals surface area (Å²) in [5.74, 6) is 1.46. The number of benzene rings is 3. The summed E-state index contributed by atoms with van der Waals surface area (Å²) in [5, 5.41) is 14.6. The molecule has 3 aromatic carbocycles. The molecule has 0 saturated carbocycles. The number of nitriles is 1. The van der Waals surface area contributed by atoms with Crippen molar-refractivity contribution in [2.45, 2.75) is 38.3 Å². The zero-order chi connectivity index (χ0) is 23.6. The number of amidine groups is 1. The number of hydrogen-bond donors (Lipinski definition) is 1. The van der Waals surface area contributed by atoms with Crippen LogP contribution in [0.3, 0.4) is 0 Å². The Labute approximate surface area is 204 Å². The van der Waals surface area contributed by atoms with E-state index in [1.165, 1.54) is 0 Å². The van der Waals surface area contributed by atoms with Gasteiger partial charge in [0, 0.05) is 10.0 Å². The highest BCUT2D eigenvalue weighted by atomic mass is 35.5. The Morgan fingerprint density at radius 1 is 0.970 bits per heavy atom. The first kappa shape index (κ1) is 23.2. The van der Waals surface area contributed by atoms with Crippen molar-refractivity contribution >= 4 is 29.0 Å². The van der Waals surface area contributed by atoms with Crippen LogP contribution in [0, 0.1) is 11.3 Å². The molecule has 6 heteroatoms. The minimum atomic E-state index is -0.635. The molecule has 4 nitrogen and oxygen atoms in total. The lowest BCUT2D eigenvalue weighted by atomic mass is 9.85. The normalized spacial score (nSPS) is 17.8. The van der Waals surface area contributed by atoms with Gasteiger partial charge >= 0.3 is 0 Å². The lowest BCUT2D eigenvalue weighted by Crippen LogP contribution is -2.26. The Bertz CT molecular complexity index is 1210. The smallest absolute Gasteiger partial charge is 0.133 e. The first-order chi connectivity index (χ1) is 15.8. The second-order valence-electron chi connectivity index (χ2n) is 8.53. The van der Waals surface area contributed by atoms with E-state index in [0.717, 1.165) is 33.8 Å². The molecule has 1 aliphatic rings. The molecular formula is C27H25Cl2N3O. The molecule has 0 amide bonds.